The van der Waals surface area contributed by atoms with Crippen LogP contribution in [0.4, 0.5) is 8.78 Å². The van der Waals surface area contributed by atoms with E-state index in [4.69, 9.17) is 9.47 Å². The monoisotopic (exact) mass is 525 g/mol. The van der Waals surface area contributed by atoms with E-state index in [1.54, 1.807) is 24.3 Å². The molecule has 7 heteroatoms. The molecular formula is C30H30ClF2NO3. The molecule has 1 aliphatic heterocycles. The predicted molar refractivity (Wildman–Crippen MR) is 145 cm³/mol. The van der Waals surface area contributed by atoms with Crippen LogP contribution in [0.25, 0.3) is 21.9 Å². The second kappa shape index (κ2) is 12.3. The van der Waals surface area contributed by atoms with Gasteiger partial charge in [0.2, 0.25) is 0 Å². The van der Waals surface area contributed by atoms with Gasteiger partial charge in [0.1, 0.15) is 23.0 Å². The summed E-state index contributed by atoms with van der Waals surface area (Å²) in [5, 5.41) is 15.0. The van der Waals surface area contributed by atoms with Crippen molar-refractivity contribution in [2.75, 3.05) is 13.2 Å². The maximum absolute atomic E-state index is 14.0. The van der Waals surface area contributed by atoms with Gasteiger partial charge in [-0.2, -0.15) is 0 Å². The van der Waals surface area contributed by atoms with Crippen LogP contribution in [-0.4, -0.2) is 24.3 Å². The Balaban J connectivity index is 0.00000320. The predicted octanol–water partition coefficient (Wildman–Crippen LogP) is 8.01. The van der Waals surface area contributed by atoms with E-state index >= 15 is 0 Å². The van der Waals surface area contributed by atoms with Crippen molar-refractivity contribution < 1.29 is 23.4 Å². The Morgan fingerprint density at radius 2 is 1.65 bits per heavy atom. The van der Waals surface area contributed by atoms with Gasteiger partial charge in [-0.1, -0.05) is 25.0 Å². The average molecular weight is 526 g/mol. The van der Waals surface area contributed by atoms with Crippen molar-refractivity contribution in [1.29, 1.82) is 0 Å². The van der Waals surface area contributed by atoms with Gasteiger partial charge in [-0.3, -0.25) is 0 Å². The molecule has 37 heavy (non-hydrogen) atoms. The van der Waals surface area contributed by atoms with Gasteiger partial charge in [-0.05, 0) is 97.4 Å². The smallest absolute Gasteiger partial charge is 0.159 e. The largest absolute Gasteiger partial charge is 0.508 e. The van der Waals surface area contributed by atoms with Crippen molar-refractivity contribution in [1.82, 2.24) is 5.32 Å². The van der Waals surface area contributed by atoms with Gasteiger partial charge in [0.15, 0.2) is 11.6 Å². The van der Waals surface area contributed by atoms with Crippen molar-refractivity contribution in [2.45, 2.75) is 38.1 Å². The van der Waals surface area contributed by atoms with Crippen LogP contribution in [0.5, 0.6) is 23.0 Å². The molecule has 4 aromatic carbocycles. The molecule has 0 saturated carbocycles. The fraction of sp³-hybridized carbons (Fsp3) is 0.267. The molecule has 0 bridgehead atoms. The number of rotatable bonds is 7. The summed E-state index contributed by atoms with van der Waals surface area (Å²) in [4.78, 5) is 0. The molecule has 5 rings (SSSR count). The molecule has 0 spiro atoms. The molecule has 1 saturated heterocycles. The first-order chi connectivity index (χ1) is 17.6. The van der Waals surface area contributed by atoms with Gasteiger partial charge in [0.05, 0.1) is 6.61 Å². The van der Waals surface area contributed by atoms with Crippen LogP contribution in [0.15, 0.2) is 72.8 Å². The number of benzene rings is 4. The van der Waals surface area contributed by atoms with Crippen molar-refractivity contribution in [3.05, 3.63) is 84.4 Å². The third-order valence-corrected chi connectivity index (χ3v) is 6.63. The third kappa shape index (κ3) is 6.51. The molecule has 4 aromatic rings. The number of aromatic hydroxyl groups is 1. The van der Waals surface area contributed by atoms with E-state index in [1.807, 2.05) is 30.3 Å². The Bertz CT molecular complexity index is 1340. The molecule has 194 valence electrons. The highest BCUT2D eigenvalue weighted by Gasteiger charge is 2.15. The second-order valence-electron chi connectivity index (χ2n) is 9.19. The fourth-order valence-corrected chi connectivity index (χ4v) is 4.68. The highest BCUT2D eigenvalue weighted by molar-refractivity contribution is 5.96. The van der Waals surface area contributed by atoms with E-state index < -0.39 is 11.6 Å². The van der Waals surface area contributed by atoms with Crippen LogP contribution < -0.4 is 14.8 Å². The fourth-order valence-electron chi connectivity index (χ4n) is 4.68. The number of ether oxygens (including phenoxy) is 2. The molecule has 1 atom stereocenters. The summed E-state index contributed by atoms with van der Waals surface area (Å²) in [6.45, 7) is 1.72. The second-order valence-corrected chi connectivity index (χ2v) is 9.19. The van der Waals surface area contributed by atoms with Crippen LogP contribution in [0.1, 0.15) is 32.1 Å². The molecule has 0 aliphatic carbocycles. The molecule has 1 heterocycles. The minimum absolute atomic E-state index is 0. The number of hydrogen-bond acceptors (Lipinski definition) is 4. The lowest BCUT2D eigenvalue weighted by Gasteiger charge is -2.17. The van der Waals surface area contributed by atoms with Gasteiger partial charge in [0, 0.05) is 17.0 Å². The molecule has 1 aliphatic rings. The maximum Gasteiger partial charge on any atom is 0.159 e. The molecule has 0 amide bonds. The van der Waals surface area contributed by atoms with E-state index in [1.165, 1.54) is 31.7 Å². The highest BCUT2D eigenvalue weighted by atomic mass is 35.5. The van der Waals surface area contributed by atoms with Crippen molar-refractivity contribution in [3.63, 3.8) is 0 Å². The maximum atomic E-state index is 14.0. The van der Waals surface area contributed by atoms with Crippen LogP contribution >= 0.6 is 12.4 Å². The van der Waals surface area contributed by atoms with Gasteiger partial charge < -0.3 is 19.9 Å². The van der Waals surface area contributed by atoms with Crippen LogP contribution in [0.3, 0.4) is 0 Å². The summed E-state index contributed by atoms with van der Waals surface area (Å²) >= 11 is 0. The highest BCUT2D eigenvalue weighted by Crippen LogP contribution is 2.41. The van der Waals surface area contributed by atoms with Crippen molar-refractivity contribution in [2.24, 2.45) is 0 Å². The summed E-state index contributed by atoms with van der Waals surface area (Å²) in [5.74, 6) is 0.139. The number of hydrogen-bond donors (Lipinski definition) is 2. The topological polar surface area (TPSA) is 50.7 Å². The minimum Gasteiger partial charge on any atom is -0.508 e. The Morgan fingerprint density at radius 3 is 2.46 bits per heavy atom. The van der Waals surface area contributed by atoms with Gasteiger partial charge in [-0.15, -0.1) is 12.4 Å². The quantitative estimate of drug-likeness (QED) is 0.256. The first-order valence-electron chi connectivity index (χ1n) is 12.4. The lowest BCUT2D eigenvalue weighted by atomic mass is 9.99. The summed E-state index contributed by atoms with van der Waals surface area (Å²) in [7, 11) is 0. The lowest BCUT2D eigenvalue weighted by Crippen LogP contribution is -2.29. The third-order valence-electron chi connectivity index (χ3n) is 6.63. The van der Waals surface area contributed by atoms with Crippen LogP contribution in [-0.2, 0) is 0 Å². The first kappa shape index (κ1) is 26.7. The number of halogens is 3. The Hall–Kier alpha value is -3.35. The molecule has 0 radical (unpaired) electrons. The molecular weight excluding hydrogens is 496 g/mol. The Labute approximate surface area is 221 Å². The zero-order valence-corrected chi connectivity index (χ0v) is 21.2. The molecule has 4 nitrogen and oxygen atoms in total. The normalized spacial score (nSPS) is 15.6. The van der Waals surface area contributed by atoms with E-state index in [9.17, 15) is 13.9 Å². The summed E-state index contributed by atoms with van der Waals surface area (Å²) < 4.78 is 39.8. The zero-order valence-electron chi connectivity index (χ0n) is 20.4. The SMILES string of the molecule is Cl.Oc1ccc2c(Oc3ccc(OCCC4CCCCCN4)cc3)c(-c3ccc(F)c(F)c3)ccc2c1. The van der Waals surface area contributed by atoms with Crippen molar-refractivity contribution in [3.8, 4) is 34.1 Å². The summed E-state index contributed by atoms with van der Waals surface area (Å²) in [6, 6.07) is 20.2. The average Bonchev–Trinajstić information content (AvgIpc) is 3.16. The number of fused-ring (bicyclic) bond motifs is 1. The van der Waals surface area contributed by atoms with Crippen LogP contribution in [0.2, 0.25) is 0 Å². The first-order valence-corrected chi connectivity index (χ1v) is 12.4. The van der Waals surface area contributed by atoms with E-state index in [2.05, 4.69) is 5.32 Å². The van der Waals surface area contributed by atoms with E-state index in [0.29, 0.717) is 35.3 Å². The Kier molecular flexibility index (Phi) is 8.85. The van der Waals surface area contributed by atoms with E-state index in [-0.39, 0.29) is 18.2 Å². The zero-order chi connectivity index (χ0) is 24.9. The van der Waals surface area contributed by atoms with Gasteiger partial charge in [-0.25, -0.2) is 8.78 Å². The number of nitrogens with one attached hydrogen (secondary N) is 1. The standard InChI is InChI=1S/C30H29F2NO3.ClH/c31-28-14-6-21(19-29(28)32)26-12-5-20-18-23(34)7-13-27(20)30(26)36-25-10-8-24(9-11-25)35-17-15-22-4-2-1-3-16-33-22;/h5-14,18-19,22,33-34H,1-4,15-17H2;1H. The molecule has 1 fully saturated rings. The number of phenols is 1. The molecule has 1 unspecified atom stereocenters. The number of phenolic OH excluding ortho intramolecular Hbond substituents is 1. The van der Waals surface area contributed by atoms with E-state index in [0.717, 1.165) is 41.6 Å². The Morgan fingerprint density at radius 1 is 0.838 bits per heavy atom. The summed E-state index contributed by atoms with van der Waals surface area (Å²) in [6.07, 6.45) is 5.97. The summed E-state index contributed by atoms with van der Waals surface area (Å²) in [5.41, 5.74) is 1.11. The van der Waals surface area contributed by atoms with Gasteiger partial charge in [0.25, 0.3) is 0 Å². The lowest BCUT2D eigenvalue weighted by molar-refractivity contribution is 0.283. The minimum atomic E-state index is -0.926. The van der Waals surface area contributed by atoms with Gasteiger partial charge >= 0.3 is 0 Å². The molecule has 0 aromatic heterocycles. The van der Waals surface area contributed by atoms with Crippen LogP contribution in [0, 0.1) is 11.6 Å². The molecule has 2 N–H and O–H groups in total. The van der Waals surface area contributed by atoms with Crippen molar-refractivity contribution >= 4 is 23.2 Å².